The number of anilines is 1. The number of amides is 1. The number of para-hydroxylation sites is 1. The topological polar surface area (TPSA) is 66.5 Å². The van der Waals surface area contributed by atoms with Gasteiger partial charge in [-0.15, -0.1) is 0 Å². The van der Waals surface area contributed by atoms with Crippen molar-refractivity contribution in [3.8, 4) is 0 Å². The summed E-state index contributed by atoms with van der Waals surface area (Å²) >= 11 is 0. The fourth-order valence-electron chi connectivity index (χ4n) is 3.67. The van der Waals surface area contributed by atoms with E-state index in [1.165, 1.54) is 12.1 Å². The molecule has 0 aliphatic carbocycles. The van der Waals surface area contributed by atoms with E-state index in [9.17, 15) is 13.2 Å². The molecule has 1 N–H and O–H groups in total. The number of fused-ring (bicyclic) bond motifs is 1. The van der Waals surface area contributed by atoms with E-state index in [2.05, 4.69) is 4.72 Å². The summed E-state index contributed by atoms with van der Waals surface area (Å²) in [4.78, 5) is 15.0. The highest BCUT2D eigenvalue weighted by Crippen LogP contribution is 2.33. The lowest BCUT2D eigenvalue weighted by Gasteiger charge is -2.23. The largest absolute Gasteiger partial charge is 0.305 e. The summed E-state index contributed by atoms with van der Waals surface area (Å²) < 4.78 is 28.1. The van der Waals surface area contributed by atoms with Crippen LogP contribution in [-0.4, -0.2) is 20.4 Å². The molecular formula is C23H22N2O3S. The molecule has 0 aromatic heterocycles. The molecule has 5 nitrogen and oxygen atoms in total. The molecule has 1 aliphatic rings. The second-order valence-electron chi connectivity index (χ2n) is 7.19. The van der Waals surface area contributed by atoms with E-state index >= 15 is 0 Å². The maximum atomic E-state index is 13.2. The first-order valence-corrected chi connectivity index (χ1v) is 11.0. The fourth-order valence-corrected chi connectivity index (χ4v) is 4.73. The fraction of sp³-hybridized carbons (Fsp3) is 0.174. The van der Waals surface area contributed by atoms with Gasteiger partial charge in [-0.3, -0.25) is 4.79 Å². The number of hydrogen-bond donors (Lipinski definition) is 1. The first-order valence-electron chi connectivity index (χ1n) is 9.51. The molecule has 3 aromatic carbocycles. The molecule has 0 fully saturated rings. The van der Waals surface area contributed by atoms with Gasteiger partial charge in [-0.2, -0.15) is 0 Å². The zero-order valence-corrected chi connectivity index (χ0v) is 16.9. The van der Waals surface area contributed by atoms with Gasteiger partial charge in [0.2, 0.25) is 10.0 Å². The maximum absolute atomic E-state index is 13.2. The third-order valence-corrected chi connectivity index (χ3v) is 6.53. The van der Waals surface area contributed by atoms with Crippen LogP contribution in [0.1, 0.15) is 28.4 Å². The Hall–Kier alpha value is -2.96. The van der Waals surface area contributed by atoms with Crippen molar-refractivity contribution in [2.24, 2.45) is 0 Å². The van der Waals surface area contributed by atoms with E-state index in [1.807, 2.05) is 61.5 Å². The Labute approximate surface area is 171 Å². The van der Waals surface area contributed by atoms with Crippen molar-refractivity contribution in [2.75, 3.05) is 4.90 Å². The van der Waals surface area contributed by atoms with E-state index in [0.717, 1.165) is 23.2 Å². The molecule has 0 spiro atoms. The van der Waals surface area contributed by atoms with Crippen molar-refractivity contribution in [3.05, 3.63) is 95.6 Å². The van der Waals surface area contributed by atoms with Crippen molar-refractivity contribution >= 4 is 21.6 Å². The van der Waals surface area contributed by atoms with Crippen LogP contribution in [0, 0.1) is 0 Å². The summed E-state index contributed by atoms with van der Waals surface area (Å²) in [5, 5.41) is 0. The second kappa shape index (κ2) is 7.81. The van der Waals surface area contributed by atoms with Crippen LogP contribution in [0.15, 0.2) is 83.8 Å². The third kappa shape index (κ3) is 3.95. The molecule has 0 radical (unpaired) electrons. The normalized spacial score (nSPS) is 15.9. The summed E-state index contributed by atoms with van der Waals surface area (Å²) in [7, 11) is -3.73. The van der Waals surface area contributed by atoms with E-state index < -0.39 is 10.0 Å². The lowest BCUT2D eigenvalue weighted by Crippen LogP contribution is -2.35. The maximum Gasteiger partial charge on any atom is 0.258 e. The lowest BCUT2D eigenvalue weighted by molar-refractivity contribution is 0.0981. The first kappa shape index (κ1) is 19.4. The molecule has 0 saturated heterocycles. The van der Waals surface area contributed by atoms with Crippen molar-refractivity contribution < 1.29 is 13.2 Å². The Morgan fingerprint density at radius 3 is 2.52 bits per heavy atom. The summed E-state index contributed by atoms with van der Waals surface area (Å²) in [6.07, 6.45) is 0.790. The van der Waals surface area contributed by atoms with Gasteiger partial charge in [0.15, 0.2) is 0 Å². The number of benzene rings is 3. The van der Waals surface area contributed by atoms with Gasteiger partial charge in [-0.05, 0) is 48.7 Å². The molecule has 1 aliphatic heterocycles. The molecule has 6 heteroatoms. The molecule has 4 rings (SSSR count). The molecular weight excluding hydrogens is 384 g/mol. The summed E-state index contributed by atoms with van der Waals surface area (Å²) in [5.41, 5.74) is 3.24. The quantitative estimate of drug-likeness (QED) is 0.702. The number of rotatable bonds is 5. The van der Waals surface area contributed by atoms with Gasteiger partial charge in [0, 0.05) is 23.8 Å². The van der Waals surface area contributed by atoms with Gasteiger partial charge in [0.05, 0.1) is 4.90 Å². The van der Waals surface area contributed by atoms with Crippen molar-refractivity contribution in [2.45, 2.75) is 30.8 Å². The Balaban J connectivity index is 1.58. The molecule has 1 amide bonds. The number of carbonyl (C=O) groups is 1. The van der Waals surface area contributed by atoms with E-state index in [-0.39, 0.29) is 23.4 Å². The molecule has 3 aromatic rings. The Kier molecular flexibility index (Phi) is 5.22. The van der Waals surface area contributed by atoms with Crippen molar-refractivity contribution in [1.29, 1.82) is 0 Å². The average molecular weight is 407 g/mol. The monoisotopic (exact) mass is 406 g/mol. The number of nitrogens with one attached hydrogen (secondary N) is 1. The van der Waals surface area contributed by atoms with Crippen molar-refractivity contribution in [3.63, 3.8) is 0 Å². The number of hydrogen-bond acceptors (Lipinski definition) is 3. The van der Waals surface area contributed by atoms with Gasteiger partial charge in [0.25, 0.3) is 5.91 Å². The van der Waals surface area contributed by atoms with Crippen LogP contribution in [0.25, 0.3) is 0 Å². The SMILES string of the molecule is CC1Cc2ccccc2N1C(=O)c1cccc(S(=O)(=O)NCc2ccccc2)c1. The van der Waals surface area contributed by atoms with Crippen LogP contribution in [0.4, 0.5) is 5.69 Å². The second-order valence-corrected chi connectivity index (χ2v) is 8.96. The van der Waals surface area contributed by atoms with Crippen LogP contribution in [0.2, 0.25) is 0 Å². The minimum Gasteiger partial charge on any atom is -0.305 e. The van der Waals surface area contributed by atoms with Crippen LogP contribution in [-0.2, 0) is 23.0 Å². The van der Waals surface area contributed by atoms with E-state index in [0.29, 0.717) is 5.56 Å². The molecule has 0 saturated carbocycles. The van der Waals surface area contributed by atoms with Crippen molar-refractivity contribution in [1.82, 2.24) is 4.72 Å². The minimum absolute atomic E-state index is 0.0244. The van der Waals surface area contributed by atoms with Crippen LogP contribution in [0.3, 0.4) is 0 Å². The highest BCUT2D eigenvalue weighted by atomic mass is 32.2. The predicted octanol–water partition coefficient (Wildman–Crippen LogP) is 3.76. The number of nitrogens with zero attached hydrogens (tertiary/aromatic N) is 1. The highest BCUT2D eigenvalue weighted by molar-refractivity contribution is 7.89. The highest BCUT2D eigenvalue weighted by Gasteiger charge is 2.31. The summed E-state index contributed by atoms with van der Waals surface area (Å²) in [6.45, 7) is 2.19. The Morgan fingerprint density at radius 2 is 1.72 bits per heavy atom. The Morgan fingerprint density at radius 1 is 1.00 bits per heavy atom. The first-order chi connectivity index (χ1) is 14.0. The van der Waals surface area contributed by atoms with Crippen LogP contribution >= 0.6 is 0 Å². The van der Waals surface area contributed by atoms with E-state index in [1.54, 1.807) is 17.0 Å². The van der Waals surface area contributed by atoms with Gasteiger partial charge in [-0.1, -0.05) is 54.6 Å². The van der Waals surface area contributed by atoms with Crippen LogP contribution < -0.4 is 9.62 Å². The van der Waals surface area contributed by atoms with E-state index in [4.69, 9.17) is 0 Å². The Bertz CT molecular complexity index is 1140. The number of carbonyl (C=O) groups excluding carboxylic acids is 1. The molecule has 29 heavy (non-hydrogen) atoms. The average Bonchev–Trinajstić information content (AvgIpc) is 3.08. The molecule has 148 valence electrons. The molecule has 1 unspecified atom stereocenters. The van der Waals surface area contributed by atoms with Gasteiger partial charge >= 0.3 is 0 Å². The summed E-state index contributed by atoms with van der Waals surface area (Å²) in [6, 6.07) is 23.4. The zero-order chi connectivity index (χ0) is 20.4. The molecule has 0 bridgehead atoms. The standard InChI is InChI=1S/C23H22N2O3S/c1-17-14-19-10-5-6-13-22(19)25(17)23(26)20-11-7-12-21(15-20)29(27,28)24-16-18-8-3-2-4-9-18/h2-13,15,17,24H,14,16H2,1H3. The van der Waals surface area contributed by atoms with Gasteiger partial charge in [-0.25, -0.2) is 13.1 Å². The van der Waals surface area contributed by atoms with Gasteiger partial charge < -0.3 is 4.90 Å². The molecule has 1 atom stereocenters. The molecule has 1 heterocycles. The van der Waals surface area contributed by atoms with Crippen LogP contribution in [0.5, 0.6) is 0 Å². The number of sulfonamides is 1. The summed E-state index contributed by atoms with van der Waals surface area (Å²) in [5.74, 6) is -0.192. The predicted molar refractivity (Wildman–Crippen MR) is 113 cm³/mol. The lowest BCUT2D eigenvalue weighted by atomic mass is 10.1. The van der Waals surface area contributed by atoms with Gasteiger partial charge in [0.1, 0.15) is 0 Å². The third-order valence-electron chi connectivity index (χ3n) is 5.13. The zero-order valence-electron chi connectivity index (χ0n) is 16.1. The smallest absolute Gasteiger partial charge is 0.258 e. The minimum atomic E-state index is -3.73.